The van der Waals surface area contributed by atoms with E-state index in [2.05, 4.69) is 0 Å². The SMILES string of the molecule is O=P(O)(O)C1(C2CCCCC2F)CCCCC1(F)C1CCCCC1F. The second kappa shape index (κ2) is 7.16. The first kappa shape index (κ1) is 19.7. The van der Waals surface area contributed by atoms with Crippen molar-refractivity contribution >= 4 is 7.60 Å². The van der Waals surface area contributed by atoms with Gasteiger partial charge in [0.15, 0.2) is 0 Å². The van der Waals surface area contributed by atoms with Crippen LogP contribution in [0.25, 0.3) is 0 Å². The number of halogens is 3. The maximum atomic E-state index is 16.6. The summed E-state index contributed by atoms with van der Waals surface area (Å²) in [4.78, 5) is 20.6. The van der Waals surface area contributed by atoms with E-state index in [0.29, 0.717) is 44.9 Å². The summed E-state index contributed by atoms with van der Waals surface area (Å²) in [6, 6.07) is 0. The zero-order chi connectivity index (χ0) is 18.3. The fraction of sp³-hybridized carbons (Fsp3) is 1.00. The lowest BCUT2D eigenvalue weighted by atomic mass is 9.58. The van der Waals surface area contributed by atoms with Gasteiger partial charge in [0, 0.05) is 11.8 Å². The largest absolute Gasteiger partial charge is 0.335 e. The van der Waals surface area contributed by atoms with Gasteiger partial charge in [-0.1, -0.05) is 38.5 Å². The molecule has 0 aromatic heterocycles. The maximum Gasteiger partial charge on any atom is 0.335 e. The second-order valence-electron chi connectivity index (χ2n) is 8.35. The molecule has 0 spiro atoms. The lowest BCUT2D eigenvalue weighted by molar-refractivity contribution is -0.0922. The molecule has 0 aromatic rings. The summed E-state index contributed by atoms with van der Waals surface area (Å²) in [6.45, 7) is 0. The van der Waals surface area contributed by atoms with Gasteiger partial charge in [0.25, 0.3) is 0 Å². The molecule has 0 aromatic carbocycles. The average Bonchev–Trinajstić information content (AvgIpc) is 2.55. The summed E-state index contributed by atoms with van der Waals surface area (Å²) in [6.07, 6.45) is 1.68. The van der Waals surface area contributed by atoms with Crippen molar-refractivity contribution in [1.29, 1.82) is 0 Å². The van der Waals surface area contributed by atoms with Gasteiger partial charge < -0.3 is 9.79 Å². The predicted molar refractivity (Wildman–Crippen MR) is 90.8 cm³/mol. The molecule has 3 saturated carbocycles. The molecule has 3 aliphatic carbocycles. The van der Waals surface area contributed by atoms with Crippen LogP contribution in [0.5, 0.6) is 0 Å². The molecule has 7 heteroatoms. The van der Waals surface area contributed by atoms with Gasteiger partial charge in [-0.3, -0.25) is 4.57 Å². The topological polar surface area (TPSA) is 57.5 Å². The second-order valence-corrected chi connectivity index (χ2v) is 10.2. The zero-order valence-electron chi connectivity index (χ0n) is 14.7. The lowest BCUT2D eigenvalue weighted by Crippen LogP contribution is -2.64. The summed E-state index contributed by atoms with van der Waals surface area (Å²) in [7, 11) is -4.97. The molecule has 0 aliphatic heterocycles. The van der Waals surface area contributed by atoms with Crippen molar-refractivity contribution in [2.45, 2.75) is 100 Å². The van der Waals surface area contributed by atoms with Crippen molar-refractivity contribution in [2.24, 2.45) is 11.8 Å². The maximum absolute atomic E-state index is 16.6. The van der Waals surface area contributed by atoms with E-state index in [1.807, 2.05) is 0 Å². The molecule has 0 amide bonds. The highest BCUT2D eigenvalue weighted by Gasteiger charge is 2.71. The third-order valence-corrected chi connectivity index (χ3v) is 9.12. The average molecular weight is 382 g/mol. The quantitative estimate of drug-likeness (QED) is 0.656. The zero-order valence-corrected chi connectivity index (χ0v) is 15.6. The van der Waals surface area contributed by atoms with Crippen molar-refractivity contribution < 1.29 is 27.5 Å². The van der Waals surface area contributed by atoms with E-state index in [-0.39, 0.29) is 32.1 Å². The highest BCUT2D eigenvalue weighted by molar-refractivity contribution is 7.53. The van der Waals surface area contributed by atoms with Crippen molar-refractivity contribution in [2.75, 3.05) is 0 Å². The highest BCUT2D eigenvalue weighted by atomic mass is 31.2. The van der Waals surface area contributed by atoms with E-state index in [1.165, 1.54) is 0 Å². The monoisotopic (exact) mass is 382 g/mol. The number of hydrogen-bond donors (Lipinski definition) is 2. The van der Waals surface area contributed by atoms with E-state index in [0.717, 1.165) is 0 Å². The van der Waals surface area contributed by atoms with Gasteiger partial charge in [-0.05, 0) is 38.5 Å². The number of rotatable bonds is 3. The van der Waals surface area contributed by atoms with Crippen LogP contribution in [0.3, 0.4) is 0 Å². The molecule has 3 nitrogen and oxygen atoms in total. The van der Waals surface area contributed by atoms with Crippen molar-refractivity contribution in [3.8, 4) is 0 Å². The highest BCUT2D eigenvalue weighted by Crippen LogP contribution is 2.71. The first-order chi connectivity index (χ1) is 11.7. The molecule has 3 aliphatic rings. The van der Waals surface area contributed by atoms with Crippen LogP contribution in [-0.2, 0) is 4.57 Å². The normalized spacial score (nSPS) is 46.8. The Hall–Kier alpha value is -0.0600. The third-order valence-electron chi connectivity index (χ3n) is 7.15. The van der Waals surface area contributed by atoms with E-state index < -0.39 is 42.6 Å². The van der Waals surface area contributed by atoms with E-state index in [9.17, 15) is 23.1 Å². The summed E-state index contributed by atoms with van der Waals surface area (Å²) < 4.78 is 58.8. The van der Waals surface area contributed by atoms with Crippen LogP contribution in [0.4, 0.5) is 13.2 Å². The van der Waals surface area contributed by atoms with Gasteiger partial charge in [0.05, 0.1) is 0 Å². The minimum atomic E-state index is -4.97. The van der Waals surface area contributed by atoms with Crippen LogP contribution in [0, 0.1) is 11.8 Å². The van der Waals surface area contributed by atoms with Crippen LogP contribution < -0.4 is 0 Å². The molecule has 0 bridgehead atoms. The van der Waals surface area contributed by atoms with Crippen LogP contribution in [0.2, 0.25) is 0 Å². The van der Waals surface area contributed by atoms with Gasteiger partial charge >= 0.3 is 7.60 Å². The minimum absolute atomic E-state index is 0.0396. The van der Waals surface area contributed by atoms with Crippen LogP contribution in [0.1, 0.15) is 77.0 Å². The van der Waals surface area contributed by atoms with Gasteiger partial charge in [0.1, 0.15) is 23.2 Å². The Labute approximate surface area is 147 Å². The molecule has 146 valence electrons. The summed E-state index contributed by atoms with van der Waals surface area (Å²) in [5.41, 5.74) is -2.32. The third kappa shape index (κ3) is 3.10. The van der Waals surface area contributed by atoms with Gasteiger partial charge in [-0.2, -0.15) is 0 Å². The summed E-state index contributed by atoms with van der Waals surface area (Å²) in [5.74, 6) is -2.04. The smallest absolute Gasteiger partial charge is 0.324 e. The molecule has 0 heterocycles. The fourth-order valence-corrected chi connectivity index (χ4v) is 7.96. The molecule has 3 fully saturated rings. The first-order valence-electron chi connectivity index (χ1n) is 9.77. The molecule has 25 heavy (non-hydrogen) atoms. The lowest BCUT2D eigenvalue weighted by Gasteiger charge is -2.57. The molecular weight excluding hydrogens is 352 g/mol. The van der Waals surface area contributed by atoms with Gasteiger partial charge in [0.2, 0.25) is 0 Å². The molecule has 6 atom stereocenters. The number of hydrogen-bond acceptors (Lipinski definition) is 1. The van der Waals surface area contributed by atoms with E-state index >= 15 is 4.39 Å². The van der Waals surface area contributed by atoms with E-state index in [4.69, 9.17) is 0 Å². The molecule has 3 rings (SSSR count). The Morgan fingerprint density at radius 3 is 1.76 bits per heavy atom. The van der Waals surface area contributed by atoms with Crippen molar-refractivity contribution in [1.82, 2.24) is 0 Å². The Morgan fingerprint density at radius 1 is 0.760 bits per heavy atom. The summed E-state index contributed by atoms with van der Waals surface area (Å²) in [5, 5.41) is -2.07. The molecule has 0 radical (unpaired) electrons. The van der Waals surface area contributed by atoms with Crippen LogP contribution >= 0.6 is 7.60 Å². The Balaban J connectivity index is 2.10. The Bertz CT molecular complexity index is 528. The van der Waals surface area contributed by atoms with Gasteiger partial charge in [-0.15, -0.1) is 0 Å². The minimum Gasteiger partial charge on any atom is -0.324 e. The van der Waals surface area contributed by atoms with Crippen LogP contribution in [-0.4, -0.2) is 33.0 Å². The van der Waals surface area contributed by atoms with Crippen LogP contribution in [0.15, 0.2) is 0 Å². The van der Waals surface area contributed by atoms with Gasteiger partial charge in [-0.25, -0.2) is 13.2 Å². The Kier molecular flexibility index (Phi) is 5.64. The molecule has 0 saturated heterocycles. The molecule has 6 unspecified atom stereocenters. The van der Waals surface area contributed by atoms with Crippen molar-refractivity contribution in [3.05, 3.63) is 0 Å². The first-order valence-corrected chi connectivity index (χ1v) is 11.4. The molecular formula is C18H30F3O3P. The van der Waals surface area contributed by atoms with E-state index in [1.54, 1.807) is 0 Å². The number of alkyl halides is 3. The standard InChI is InChI=1S/C18H30F3O3P/c19-15-9-3-1-7-13(15)17(21)11-5-6-12-18(17,25(22,23)24)14-8-2-4-10-16(14)20/h13-16H,1-12H2,(H2,22,23,24). The Morgan fingerprint density at radius 2 is 1.24 bits per heavy atom. The predicted octanol–water partition coefficient (Wildman–Crippen LogP) is 5.24. The fourth-order valence-electron chi connectivity index (χ4n) is 6.03. The van der Waals surface area contributed by atoms with Crippen molar-refractivity contribution in [3.63, 3.8) is 0 Å². The summed E-state index contributed by atoms with van der Waals surface area (Å²) >= 11 is 0. The molecule has 2 N–H and O–H groups in total.